The molecule has 1 fully saturated rings. The smallest absolute Gasteiger partial charge is 0.250 e. The highest BCUT2D eigenvalue weighted by molar-refractivity contribution is 5.87. The van der Waals surface area contributed by atoms with Crippen molar-refractivity contribution in [3.8, 4) is 5.69 Å². The lowest BCUT2D eigenvalue weighted by Gasteiger charge is -2.33. The molecule has 1 aromatic heterocycles. The zero-order chi connectivity index (χ0) is 23.2. The van der Waals surface area contributed by atoms with E-state index in [9.17, 15) is 9.59 Å². The van der Waals surface area contributed by atoms with Crippen molar-refractivity contribution in [3.63, 3.8) is 0 Å². The van der Waals surface area contributed by atoms with E-state index >= 15 is 0 Å². The van der Waals surface area contributed by atoms with Gasteiger partial charge in [-0.1, -0.05) is 53.1 Å². The number of anilines is 1. The van der Waals surface area contributed by atoms with E-state index in [1.54, 1.807) is 4.68 Å². The van der Waals surface area contributed by atoms with E-state index < -0.39 is 6.04 Å². The number of tetrazole rings is 1. The van der Waals surface area contributed by atoms with Crippen LogP contribution in [0.1, 0.15) is 30.9 Å². The zero-order valence-corrected chi connectivity index (χ0v) is 18.9. The predicted octanol–water partition coefficient (Wildman–Crippen LogP) is 1.80. The number of nitrogens with one attached hydrogen (secondary N) is 2. The summed E-state index contributed by atoms with van der Waals surface area (Å²) < 4.78 is 1.73. The number of nitrogens with zero attached hydrogens (tertiary/aromatic N) is 5. The first-order valence-electron chi connectivity index (χ1n) is 11.2. The van der Waals surface area contributed by atoms with Crippen LogP contribution in [0.3, 0.4) is 0 Å². The van der Waals surface area contributed by atoms with Gasteiger partial charge in [-0.2, -0.15) is 4.68 Å². The fourth-order valence-corrected chi connectivity index (χ4v) is 4.06. The Morgan fingerprint density at radius 1 is 1.06 bits per heavy atom. The minimum absolute atomic E-state index is 0.0316. The minimum atomic E-state index is -0.603. The van der Waals surface area contributed by atoms with Crippen molar-refractivity contribution in [1.82, 2.24) is 30.8 Å². The molecule has 172 valence electrons. The summed E-state index contributed by atoms with van der Waals surface area (Å²) in [6.07, 6.45) is 1.99. The van der Waals surface area contributed by atoms with Gasteiger partial charge in [0.25, 0.3) is 0 Å². The molecule has 1 atom stereocenters. The van der Waals surface area contributed by atoms with E-state index in [1.165, 1.54) is 6.92 Å². The summed E-state index contributed by atoms with van der Waals surface area (Å²) in [6.45, 7) is 4.90. The molecule has 1 aliphatic rings. The molecule has 2 aromatic carbocycles. The molecule has 0 aliphatic carbocycles. The molecule has 0 bridgehead atoms. The Morgan fingerprint density at radius 3 is 2.42 bits per heavy atom. The minimum Gasteiger partial charge on any atom is -0.351 e. The third-order valence-corrected chi connectivity index (χ3v) is 5.83. The Hall–Kier alpha value is -3.75. The summed E-state index contributed by atoms with van der Waals surface area (Å²) in [5.74, 6) is 0.324. The molecule has 2 heterocycles. The topological polar surface area (TPSA) is 105 Å². The van der Waals surface area contributed by atoms with Crippen LogP contribution in [0.15, 0.2) is 54.6 Å². The third-order valence-electron chi connectivity index (χ3n) is 5.83. The van der Waals surface area contributed by atoms with Crippen molar-refractivity contribution in [2.24, 2.45) is 0 Å². The SMILES string of the molecule is CC(=O)NC(Cc1ccc(C)cc1)C(=O)NC1CCN(c2nnnn2-c2ccccc2)CC1. The summed E-state index contributed by atoms with van der Waals surface area (Å²) >= 11 is 0. The molecule has 2 amide bonds. The molecule has 3 aromatic rings. The highest BCUT2D eigenvalue weighted by atomic mass is 16.2. The highest BCUT2D eigenvalue weighted by Gasteiger charge is 2.27. The van der Waals surface area contributed by atoms with Gasteiger partial charge in [-0.05, 0) is 47.9 Å². The number of para-hydroxylation sites is 1. The van der Waals surface area contributed by atoms with Gasteiger partial charge in [0.05, 0.1) is 5.69 Å². The molecule has 0 radical (unpaired) electrons. The standard InChI is InChI=1S/C24H29N7O2/c1-17-8-10-19(11-9-17)16-22(25-18(2)32)23(33)26-20-12-14-30(15-13-20)24-27-28-29-31(24)21-6-4-3-5-7-21/h3-11,20,22H,12-16H2,1-2H3,(H,25,32)(H,26,33). The van der Waals surface area contributed by atoms with Gasteiger partial charge < -0.3 is 15.5 Å². The normalized spacial score (nSPS) is 15.2. The highest BCUT2D eigenvalue weighted by Crippen LogP contribution is 2.20. The second-order valence-electron chi connectivity index (χ2n) is 8.44. The van der Waals surface area contributed by atoms with Crippen molar-refractivity contribution >= 4 is 17.8 Å². The van der Waals surface area contributed by atoms with Gasteiger partial charge in [0.2, 0.25) is 17.8 Å². The Balaban J connectivity index is 1.36. The number of aromatic nitrogens is 4. The molecule has 1 unspecified atom stereocenters. The molecule has 1 aliphatic heterocycles. The molecule has 1 saturated heterocycles. The van der Waals surface area contributed by atoms with E-state index in [4.69, 9.17) is 0 Å². The summed E-state index contributed by atoms with van der Waals surface area (Å²) in [5, 5.41) is 18.1. The lowest BCUT2D eigenvalue weighted by atomic mass is 10.0. The van der Waals surface area contributed by atoms with Crippen LogP contribution < -0.4 is 15.5 Å². The van der Waals surface area contributed by atoms with Crippen molar-refractivity contribution in [3.05, 3.63) is 65.7 Å². The van der Waals surface area contributed by atoms with Crippen LogP contribution in [0.2, 0.25) is 0 Å². The average Bonchev–Trinajstić information content (AvgIpc) is 3.31. The Kier molecular flexibility index (Phi) is 6.97. The number of rotatable bonds is 7. The maximum atomic E-state index is 13.0. The van der Waals surface area contributed by atoms with Crippen molar-refractivity contribution in [2.75, 3.05) is 18.0 Å². The summed E-state index contributed by atoms with van der Waals surface area (Å²) in [6, 6.07) is 17.2. The fourth-order valence-electron chi connectivity index (χ4n) is 4.06. The second-order valence-corrected chi connectivity index (χ2v) is 8.44. The molecule has 0 saturated carbocycles. The van der Waals surface area contributed by atoms with Crippen LogP contribution in [0.5, 0.6) is 0 Å². The Morgan fingerprint density at radius 2 is 1.76 bits per heavy atom. The van der Waals surface area contributed by atoms with E-state index in [1.807, 2.05) is 61.5 Å². The van der Waals surface area contributed by atoms with Gasteiger partial charge in [0, 0.05) is 32.5 Å². The van der Waals surface area contributed by atoms with E-state index in [-0.39, 0.29) is 17.9 Å². The number of piperidine rings is 1. The molecule has 2 N–H and O–H groups in total. The summed E-state index contributed by atoms with van der Waals surface area (Å²) in [4.78, 5) is 26.8. The van der Waals surface area contributed by atoms with Crippen molar-refractivity contribution < 1.29 is 9.59 Å². The monoisotopic (exact) mass is 447 g/mol. The molecule has 9 nitrogen and oxygen atoms in total. The van der Waals surface area contributed by atoms with Crippen LogP contribution >= 0.6 is 0 Å². The number of hydrogen-bond donors (Lipinski definition) is 2. The van der Waals surface area contributed by atoms with E-state index in [0.717, 1.165) is 42.7 Å². The second kappa shape index (κ2) is 10.2. The number of amides is 2. The van der Waals surface area contributed by atoms with Crippen LogP contribution in [0, 0.1) is 6.92 Å². The molecule has 9 heteroatoms. The number of aryl methyl sites for hydroxylation is 1. The predicted molar refractivity (Wildman–Crippen MR) is 125 cm³/mol. The maximum Gasteiger partial charge on any atom is 0.250 e. The van der Waals surface area contributed by atoms with E-state index in [0.29, 0.717) is 12.4 Å². The molecule has 33 heavy (non-hydrogen) atoms. The molecule has 4 rings (SSSR count). The Labute approximate surface area is 193 Å². The average molecular weight is 448 g/mol. The van der Waals surface area contributed by atoms with Gasteiger partial charge in [0.15, 0.2) is 0 Å². The van der Waals surface area contributed by atoms with Crippen LogP contribution in [-0.2, 0) is 16.0 Å². The summed E-state index contributed by atoms with van der Waals surface area (Å²) in [7, 11) is 0. The number of hydrogen-bond acceptors (Lipinski definition) is 6. The first-order valence-corrected chi connectivity index (χ1v) is 11.2. The number of benzene rings is 2. The third kappa shape index (κ3) is 5.74. The number of carbonyl (C=O) groups is 2. The molecular weight excluding hydrogens is 418 g/mol. The molecule has 0 spiro atoms. The van der Waals surface area contributed by atoms with Gasteiger partial charge in [-0.3, -0.25) is 9.59 Å². The largest absolute Gasteiger partial charge is 0.351 e. The quantitative estimate of drug-likeness (QED) is 0.572. The van der Waals surface area contributed by atoms with E-state index in [2.05, 4.69) is 31.1 Å². The van der Waals surface area contributed by atoms with Gasteiger partial charge in [-0.15, -0.1) is 0 Å². The van der Waals surface area contributed by atoms with Crippen LogP contribution in [0.4, 0.5) is 5.95 Å². The molecular formula is C24H29N7O2. The fraction of sp³-hybridized carbons (Fsp3) is 0.375. The van der Waals surface area contributed by atoms with Crippen LogP contribution in [0.25, 0.3) is 5.69 Å². The Bertz CT molecular complexity index is 1070. The zero-order valence-electron chi connectivity index (χ0n) is 18.9. The van der Waals surface area contributed by atoms with Gasteiger partial charge >= 0.3 is 0 Å². The lowest BCUT2D eigenvalue weighted by Crippen LogP contribution is -2.52. The van der Waals surface area contributed by atoms with Crippen molar-refractivity contribution in [2.45, 2.75) is 45.2 Å². The van der Waals surface area contributed by atoms with Gasteiger partial charge in [0.1, 0.15) is 6.04 Å². The van der Waals surface area contributed by atoms with Gasteiger partial charge in [-0.25, -0.2) is 0 Å². The number of carbonyl (C=O) groups excluding carboxylic acids is 2. The van der Waals surface area contributed by atoms with Crippen LogP contribution in [-0.4, -0.2) is 57.2 Å². The summed E-state index contributed by atoms with van der Waals surface area (Å²) in [5.41, 5.74) is 3.07. The first kappa shape index (κ1) is 22.4. The first-order chi connectivity index (χ1) is 16.0. The lowest BCUT2D eigenvalue weighted by molar-refractivity contribution is -0.128. The van der Waals surface area contributed by atoms with Crippen molar-refractivity contribution in [1.29, 1.82) is 0 Å². The maximum absolute atomic E-state index is 13.0.